The number of alkyl halides is 3. The van der Waals surface area contributed by atoms with Gasteiger partial charge in [-0.2, -0.15) is 13.2 Å². The highest BCUT2D eigenvalue weighted by Crippen LogP contribution is 2.38. The molecule has 2 fully saturated rings. The molecule has 0 radical (unpaired) electrons. The van der Waals surface area contributed by atoms with E-state index < -0.39 is 40.2 Å². The Hall–Kier alpha value is -3.47. The van der Waals surface area contributed by atoms with Crippen molar-refractivity contribution in [1.29, 1.82) is 0 Å². The van der Waals surface area contributed by atoms with Gasteiger partial charge in [0.15, 0.2) is 0 Å². The summed E-state index contributed by atoms with van der Waals surface area (Å²) in [5.41, 5.74) is -0.682. The minimum Gasteiger partial charge on any atom is -0.369 e. The molecule has 2 aliphatic rings. The Kier molecular flexibility index (Phi) is 5.59. The number of nitro benzene ring substituents is 1. The van der Waals surface area contributed by atoms with Crippen molar-refractivity contribution in [2.75, 3.05) is 36.0 Å². The minimum absolute atomic E-state index is 0.0123. The van der Waals surface area contributed by atoms with E-state index in [-0.39, 0.29) is 12.1 Å². The van der Waals surface area contributed by atoms with Gasteiger partial charge in [-0.05, 0) is 24.3 Å². The number of para-hydroxylation sites is 1. The molecule has 0 unspecified atom stereocenters. The maximum Gasteiger partial charge on any atom is 0.418 e. The van der Waals surface area contributed by atoms with Crippen LogP contribution in [0.5, 0.6) is 0 Å². The smallest absolute Gasteiger partial charge is 0.369 e. The predicted octanol–water partition coefficient (Wildman–Crippen LogP) is 3.07. The SMILES string of the molecule is O=C1C[C@H](N2CCN(c3ccc([N+](=O)[O-])cc3)CC2)C(=O)N1c1ccccc1C(F)(F)F. The van der Waals surface area contributed by atoms with Gasteiger partial charge in [-0.1, -0.05) is 12.1 Å². The van der Waals surface area contributed by atoms with Crippen LogP contribution in [0.25, 0.3) is 0 Å². The zero-order valence-corrected chi connectivity index (χ0v) is 16.8. The van der Waals surface area contributed by atoms with Crippen LogP contribution >= 0.6 is 0 Å². The number of nitrogens with zero attached hydrogens (tertiary/aromatic N) is 4. The molecule has 0 spiro atoms. The monoisotopic (exact) mass is 448 g/mol. The summed E-state index contributed by atoms with van der Waals surface area (Å²) in [7, 11) is 0. The Morgan fingerprint density at radius 3 is 2.16 bits per heavy atom. The topological polar surface area (TPSA) is 87.0 Å². The largest absolute Gasteiger partial charge is 0.418 e. The summed E-state index contributed by atoms with van der Waals surface area (Å²) in [5, 5.41) is 10.8. The van der Waals surface area contributed by atoms with Crippen molar-refractivity contribution < 1.29 is 27.7 Å². The average molecular weight is 448 g/mol. The number of anilines is 2. The second-order valence-electron chi connectivity index (χ2n) is 7.60. The highest BCUT2D eigenvalue weighted by atomic mass is 19.4. The second-order valence-corrected chi connectivity index (χ2v) is 7.60. The molecule has 2 amide bonds. The van der Waals surface area contributed by atoms with Gasteiger partial charge >= 0.3 is 6.18 Å². The number of rotatable bonds is 4. The number of carbonyl (C=O) groups excluding carboxylic acids is 2. The molecule has 4 rings (SSSR count). The summed E-state index contributed by atoms with van der Waals surface area (Å²) >= 11 is 0. The Morgan fingerprint density at radius 2 is 1.56 bits per heavy atom. The number of carbonyl (C=O) groups is 2. The summed E-state index contributed by atoms with van der Waals surface area (Å²) in [6.07, 6.45) is -4.87. The van der Waals surface area contributed by atoms with Crippen LogP contribution in [0.1, 0.15) is 12.0 Å². The summed E-state index contributed by atoms with van der Waals surface area (Å²) in [6.45, 7) is 1.87. The van der Waals surface area contributed by atoms with Crippen LogP contribution in [-0.2, 0) is 15.8 Å². The van der Waals surface area contributed by atoms with Crippen molar-refractivity contribution in [3.05, 3.63) is 64.2 Å². The van der Waals surface area contributed by atoms with E-state index >= 15 is 0 Å². The number of hydrogen-bond donors (Lipinski definition) is 0. The van der Waals surface area contributed by atoms with E-state index in [1.54, 1.807) is 17.0 Å². The number of piperazine rings is 1. The first-order valence-corrected chi connectivity index (χ1v) is 9.93. The lowest BCUT2D eigenvalue weighted by Crippen LogP contribution is -2.52. The third kappa shape index (κ3) is 4.03. The normalized spacial score (nSPS) is 20.2. The van der Waals surface area contributed by atoms with Crippen molar-refractivity contribution in [2.24, 2.45) is 0 Å². The molecular formula is C21H19F3N4O4. The van der Waals surface area contributed by atoms with Crippen molar-refractivity contribution in [2.45, 2.75) is 18.6 Å². The molecule has 2 aromatic rings. The molecule has 2 aliphatic heterocycles. The number of hydrogen-bond acceptors (Lipinski definition) is 6. The molecule has 0 bridgehead atoms. The zero-order valence-electron chi connectivity index (χ0n) is 16.8. The van der Waals surface area contributed by atoms with E-state index in [2.05, 4.69) is 0 Å². The summed E-state index contributed by atoms with van der Waals surface area (Å²) in [6, 6.07) is 9.87. The molecule has 0 N–H and O–H groups in total. The zero-order chi connectivity index (χ0) is 23.0. The first-order valence-electron chi connectivity index (χ1n) is 9.93. The maximum absolute atomic E-state index is 13.4. The molecule has 1 atom stereocenters. The van der Waals surface area contributed by atoms with Crippen molar-refractivity contribution in [1.82, 2.24) is 4.90 Å². The van der Waals surface area contributed by atoms with Crippen LogP contribution in [0.4, 0.5) is 30.2 Å². The highest BCUT2D eigenvalue weighted by Gasteiger charge is 2.46. The standard InChI is InChI=1S/C21H19F3N4O4/c22-21(23,24)16-3-1-2-4-17(16)27-19(29)13-18(20(27)30)26-11-9-25(10-12-26)14-5-7-15(8-6-14)28(31)32/h1-8,18H,9-13H2/t18-/m0/s1. The molecule has 0 saturated carbocycles. The van der Waals surface area contributed by atoms with Crippen molar-refractivity contribution in [3.63, 3.8) is 0 Å². The summed E-state index contributed by atoms with van der Waals surface area (Å²) in [4.78, 5) is 40.3. The number of benzene rings is 2. The van der Waals surface area contributed by atoms with Crippen LogP contribution < -0.4 is 9.80 Å². The Morgan fingerprint density at radius 1 is 0.938 bits per heavy atom. The number of halogens is 3. The predicted molar refractivity (Wildman–Crippen MR) is 109 cm³/mol. The van der Waals surface area contributed by atoms with E-state index in [1.165, 1.54) is 24.3 Å². The summed E-state index contributed by atoms with van der Waals surface area (Å²) in [5.74, 6) is -1.31. The van der Waals surface area contributed by atoms with Crippen LogP contribution in [0, 0.1) is 10.1 Å². The molecule has 8 nitrogen and oxygen atoms in total. The van der Waals surface area contributed by atoms with E-state index in [4.69, 9.17) is 0 Å². The lowest BCUT2D eigenvalue weighted by molar-refractivity contribution is -0.384. The molecule has 0 aromatic heterocycles. The number of nitro groups is 1. The summed E-state index contributed by atoms with van der Waals surface area (Å²) < 4.78 is 40.1. The van der Waals surface area contributed by atoms with Crippen LogP contribution in [0.3, 0.4) is 0 Å². The minimum atomic E-state index is -4.69. The first-order chi connectivity index (χ1) is 15.2. The molecule has 0 aliphatic carbocycles. The Balaban J connectivity index is 1.46. The van der Waals surface area contributed by atoms with Crippen LogP contribution in [-0.4, -0.2) is 53.9 Å². The van der Waals surface area contributed by atoms with E-state index in [0.29, 0.717) is 31.1 Å². The fourth-order valence-electron chi connectivity index (χ4n) is 4.14. The van der Waals surface area contributed by atoms with Gasteiger partial charge in [0.25, 0.3) is 11.6 Å². The lowest BCUT2D eigenvalue weighted by Gasteiger charge is -2.38. The third-order valence-corrected chi connectivity index (χ3v) is 5.75. The molecular weight excluding hydrogens is 429 g/mol. The molecule has 2 saturated heterocycles. The van der Waals surface area contributed by atoms with Gasteiger partial charge in [0, 0.05) is 44.0 Å². The van der Waals surface area contributed by atoms with Crippen LogP contribution in [0.2, 0.25) is 0 Å². The van der Waals surface area contributed by atoms with Gasteiger partial charge in [0.05, 0.1) is 28.6 Å². The number of non-ortho nitro benzene ring substituents is 1. The Labute approximate surface area is 181 Å². The maximum atomic E-state index is 13.4. The van der Waals surface area contributed by atoms with Gasteiger partial charge in [0.1, 0.15) is 0 Å². The first kappa shape index (κ1) is 21.8. The van der Waals surface area contributed by atoms with E-state index in [1.807, 2.05) is 4.90 Å². The quantitative estimate of drug-likeness (QED) is 0.406. The third-order valence-electron chi connectivity index (χ3n) is 5.75. The van der Waals surface area contributed by atoms with Gasteiger partial charge in [0.2, 0.25) is 5.91 Å². The van der Waals surface area contributed by atoms with Gasteiger partial charge in [-0.25, -0.2) is 4.90 Å². The number of imide groups is 1. The molecule has 11 heteroatoms. The number of amides is 2. The van der Waals surface area contributed by atoms with Gasteiger partial charge < -0.3 is 4.90 Å². The molecule has 2 aromatic carbocycles. The Bertz CT molecular complexity index is 1050. The fourth-order valence-corrected chi connectivity index (χ4v) is 4.14. The molecule has 2 heterocycles. The van der Waals surface area contributed by atoms with E-state index in [9.17, 15) is 32.9 Å². The van der Waals surface area contributed by atoms with E-state index in [0.717, 1.165) is 17.8 Å². The second kappa shape index (κ2) is 8.23. The average Bonchev–Trinajstić information content (AvgIpc) is 3.07. The molecule has 32 heavy (non-hydrogen) atoms. The highest BCUT2D eigenvalue weighted by molar-refractivity contribution is 6.22. The van der Waals surface area contributed by atoms with Crippen LogP contribution in [0.15, 0.2) is 48.5 Å². The molecule has 168 valence electrons. The lowest BCUT2D eigenvalue weighted by atomic mass is 10.1. The van der Waals surface area contributed by atoms with Crippen molar-refractivity contribution in [3.8, 4) is 0 Å². The van der Waals surface area contributed by atoms with Gasteiger partial charge in [-0.3, -0.25) is 24.6 Å². The van der Waals surface area contributed by atoms with Gasteiger partial charge in [-0.15, -0.1) is 0 Å². The fraction of sp³-hybridized carbons (Fsp3) is 0.333. The van der Waals surface area contributed by atoms with Crippen molar-refractivity contribution >= 4 is 28.9 Å².